The van der Waals surface area contributed by atoms with Crippen molar-refractivity contribution in [3.63, 3.8) is 0 Å². The average molecular weight is 344 g/mol. The van der Waals surface area contributed by atoms with Gasteiger partial charge < -0.3 is 10.3 Å². The van der Waals surface area contributed by atoms with Gasteiger partial charge in [0.05, 0.1) is 11.7 Å². The van der Waals surface area contributed by atoms with Crippen molar-refractivity contribution in [2.24, 2.45) is 5.92 Å². The summed E-state index contributed by atoms with van der Waals surface area (Å²) in [7, 11) is 0. The highest BCUT2D eigenvalue weighted by Crippen LogP contribution is 2.37. The number of H-pyrrole nitrogens is 1. The molecule has 3 saturated carbocycles. The minimum Gasteiger partial charge on any atom is -0.347 e. The summed E-state index contributed by atoms with van der Waals surface area (Å²) < 4.78 is 0. The summed E-state index contributed by atoms with van der Waals surface area (Å²) in [5.74, 6) is 2.74. The SMILES string of the molecule is c1[nH]c(C(NC2CCCCC2)C2CCCCC2)nc1C1CCCCC1. The Hall–Kier alpha value is -0.830. The van der Waals surface area contributed by atoms with Crippen LogP contribution in [0, 0.1) is 5.92 Å². The van der Waals surface area contributed by atoms with Crippen LogP contribution in [0.2, 0.25) is 0 Å². The lowest BCUT2D eigenvalue weighted by Gasteiger charge is -2.34. The lowest BCUT2D eigenvalue weighted by atomic mass is 9.82. The van der Waals surface area contributed by atoms with Gasteiger partial charge >= 0.3 is 0 Å². The molecule has 0 bridgehead atoms. The maximum atomic E-state index is 5.16. The zero-order valence-electron chi connectivity index (χ0n) is 15.9. The highest BCUT2D eigenvalue weighted by atomic mass is 15.0. The van der Waals surface area contributed by atoms with Crippen molar-refractivity contribution in [2.45, 2.75) is 114 Å². The molecule has 4 rings (SSSR count). The number of aromatic nitrogens is 2. The van der Waals surface area contributed by atoms with Crippen LogP contribution < -0.4 is 5.32 Å². The Morgan fingerprint density at radius 2 is 1.40 bits per heavy atom. The van der Waals surface area contributed by atoms with Crippen LogP contribution in [0.4, 0.5) is 0 Å². The van der Waals surface area contributed by atoms with Crippen LogP contribution in [0.3, 0.4) is 0 Å². The topological polar surface area (TPSA) is 40.7 Å². The Balaban J connectivity index is 1.48. The van der Waals surface area contributed by atoms with Gasteiger partial charge in [0.15, 0.2) is 0 Å². The van der Waals surface area contributed by atoms with Crippen molar-refractivity contribution in [2.75, 3.05) is 0 Å². The van der Waals surface area contributed by atoms with Crippen LogP contribution in [-0.2, 0) is 0 Å². The standard InChI is InChI=1S/C22H37N3/c1-4-10-17(11-5-1)20-16-23-22(25-20)21(18-12-6-2-7-13-18)24-19-14-8-3-9-15-19/h16-19,21,24H,1-15H2,(H,23,25). The summed E-state index contributed by atoms with van der Waals surface area (Å²) in [5, 5.41) is 4.06. The molecular weight excluding hydrogens is 306 g/mol. The quantitative estimate of drug-likeness (QED) is 0.688. The Morgan fingerprint density at radius 1 is 0.800 bits per heavy atom. The van der Waals surface area contributed by atoms with Crippen LogP contribution in [0.15, 0.2) is 6.20 Å². The van der Waals surface area contributed by atoms with Crippen LogP contribution in [0.25, 0.3) is 0 Å². The maximum absolute atomic E-state index is 5.16. The third-order valence-electron chi connectivity index (χ3n) is 7.08. The Morgan fingerprint density at radius 3 is 2.08 bits per heavy atom. The number of aromatic amines is 1. The number of hydrogen-bond acceptors (Lipinski definition) is 2. The summed E-state index contributed by atoms with van der Waals surface area (Å²) in [6, 6.07) is 1.17. The predicted octanol–water partition coefficient (Wildman–Crippen LogP) is 6.00. The summed E-state index contributed by atoms with van der Waals surface area (Å²) in [5.41, 5.74) is 1.35. The van der Waals surface area contributed by atoms with E-state index in [0.29, 0.717) is 18.0 Å². The normalized spacial score (nSPS) is 25.9. The minimum absolute atomic E-state index is 0.459. The predicted molar refractivity (Wildman–Crippen MR) is 104 cm³/mol. The zero-order valence-corrected chi connectivity index (χ0v) is 15.9. The molecule has 0 saturated heterocycles. The second kappa shape index (κ2) is 8.70. The zero-order chi connectivity index (χ0) is 16.9. The molecule has 1 atom stereocenters. The Kier molecular flexibility index (Phi) is 6.12. The van der Waals surface area contributed by atoms with Crippen molar-refractivity contribution >= 4 is 0 Å². The first-order valence-corrected chi connectivity index (χ1v) is 11.2. The van der Waals surface area contributed by atoms with Gasteiger partial charge in [-0.05, 0) is 44.4 Å². The molecule has 0 amide bonds. The van der Waals surface area contributed by atoms with Gasteiger partial charge in [-0.25, -0.2) is 4.98 Å². The molecule has 2 N–H and O–H groups in total. The van der Waals surface area contributed by atoms with Crippen molar-refractivity contribution in [3.8, 4) is 0 Å². The number of rotatable bonds is 5. The van der Waals surface area contributed by atoms with E-state index < -0.39 is 0 Å². The summed E-state index contributed by atoms with van der Waals surface area (Å²) >= 11 is 0. The molecule has 140 valence electrons. The van der Waals surface area contributed by atoms with E-state index in [9.17, 15) is 0 Å². The van der Waals surface area contributed by atoms with E-state index in [1.54, 1.807) is 0 Å². The molecule has 1 heterocycles. The monoisotopic (exact) mass is 343 g/mol. The molecule has 1 aromatic heterocycles. The first-order valence-electron chi connectivity index (χ1n) is 11.2. The smallest absolute Gasteiger partial charge is 0.123 e. The fourth-order valence-electron chi connectivity index (χ4n) is 5.55. The van der Waals surface area contributed by atoms with Gasteiger partial charge in [0.25, 0.3) is 0 Å². The summed E-state index contributed by atoms with van der Waals surface area (Å²) in [4.78, 5) is 8.77. The number of imidazole rings is 1. The number of nitrogens with one attached hydrogen (secondary N) is 2. The fourth-order valence-corrected chi connectivity index (χ4v) is 5.55. The molecular formula is C22H37N3. The van der Waals surface area contributed by atoms with Crippen LogP contribution in [0.1, 0.15) is 120 Å². The van der Waals surface area contributed by atoms with E-state index in [1.165, 1.54) is 108 Å². The molecule has 3 fully saturated rings. The second-order valence-electron chi connectivity index (χ2n) is 8.92. The van der Waals surface area contributed by atoms with E-state index in [-0.39, 0.29) is 0 Å². The van der Waals surface area contributed by atoms with E-state index in [4.69, 9.17) is 4.98 Å². The largest absolute Gasteiger partial charge is 0.347 e. The highest BCUT2D eigenvalue weighted by molar-refractivity contribution is 5.12. The number of nitrogens with zero attached hydrogens (tertiary/aromatic N) is 1. The third kappa shape index (κ3) is 4.48. The van der Waals surface area contributed by atoms with Gasteiger partial charge in [-0.2, -0.15) is 0 Å². The molecule has 3 heteroatoms. The van der Waals surface area contributed by atoms with Gasteiger partial charge in [-0.15, -0.1) is 0 Å². The van der Waals surface area contributed by atoms with E-state index >= 15 is 0 Å². The molecule has 3 aliphatic rings. The van der Waals surface area contributed by atoms with Crippen molar-refractivity contribution in [3.05, 3.63) is 17.7 Å². The molecule has 0 radical (unpaired) electrons. The molecule has 0 aromatic carbocycles. The van der Waals surface area contributed by atoms with Crippen LogP contribution >= 0.6 is 0 Å². The van der Waals surface area contributed by atoms with Gasteiger partial charge in [0, 0.05) is 18.2 Å². The minimum atomic E-state index is 0.459. The lowest BCUT2D eigenvalue weighted by molar-refractivity contribution is 0.227. The first kappa shape index (κ1) is 17.6. The average Bonchev–Trinajstić information content (AvgIpc) is 3.18. The molecule has 0 aliphatic heterocycles. The van der Waals surface area contributed by atoms with Crippen LogP contribution in [-0.4, -0.2) is 16.0 Å². The van der Waals surface area contributed by atoms with Crippen molar-refractivity contribution < 1.29 is 0 Å². The molecule has 25 heavy (non-hydrogen) atoms. The summed E-state index contributed by atoms with van der Waals surface area (Å²) in [6.07, 6.45) is 23.1. The van der Waals surface area contributed by atoms with E-state index in [2.05, 4.69) is 16.5 Å². The Bertz CT molecular complexity index is 505. The maximum Gasteiger partial charge on any atom is 0.123 e. The third-order valence-corrected chi connectivity index (χ3v) is 7.08. The van der Waals surface area contributed by atoms with Crippen LogP contribution in [0.5, 0.6) is 0 Å². The molecule has 3 aliphatic carbocycles. The van der Waals surface area contributed by atoms with Crippen molar-refractivity contribution in [1.29, 1.82) is 0 Å². The van der Waals surface area contributed by atoms with E-state index in [1.807, 2.05) is 0 Å². The summed E-state index contributed by atoms with van der Waals surface area (Å²) in [6.45, 7) is 0. The first-order chi connectivity index (χ1) is 12.4. The highest BCUT2D eigenvalue weighted by Gasteiger charge is 2.30. The molecule has 0 spiro atoms. The second-order valence-corrected chi connectivity index (χ2v) is 8.92. The molecule has 1 unspecified atom stereocenters. The van der Waals surface area contributed by atoms with Crippen molar-refractivity contribution in [1.82, 2.24) is 15.3 Å². The lowest BCUT2D eigenvalue weighted by Crippen LogP contribution is -2.39. The Labute approximate surface area is 153 Å². The van der Waals surface area contributed by atoms with Gasteiger partial charge in [0.2, 0.25) is 0 Å². The fraction of sp³-hybridized carbons (Fsp3) is 0.864. The van der Waals surface area contributed by atoms with Gasteiger partial charge in [-0.3, -0.25) is 0 Å². The van der Waals surface area contributed by atoms with Gasteiger partial charge in [0.1, 0.15) is 5.82 Å². The number of hydrogen-bond donors (Lipinski definition) is 2. The molecule has 1 aromatic rings. The molecule has 3 nitrogen and oxygen atoms in total. The van der Waals surface area contributed by atoms with Gasteiger partial charge in [-0.1, -0.05) is 57.8 Å². The van der Waals surface area contributed by atoms with E-state index in [0.717, 1.165) is 5.92 Å².